The topological polar surface area (TPSA) is 42.2 Å². The van der Waals surface area contributed by atoms with Crippen LogP contribution in [-0.2, 0) is 5.88 Å². The van der Waals surface area contributed by atoms with Gasteiger partial charge < -0.3 is 9.32 Å². The van der Waals surface area contributed by atoms with Crippen LogP contribution in [0.25, 0.3) is 0 Å². The van der Waals surface area contributed by atoms with E-state index in [1.165, 1.54) is 19.3 Å². The molecule has 2 rings (SSSR count). The molecule has 1 saturated heterocycles. The molecule has 1 aliphatic rings. The molecule has 0 saturated carbocycles. The van der Waals surface area contributed by atoms with Crippen molar-refractivity contribution in [2.24, 2.45) is 0 Å². The normalized spacial score (nSPS) is 17.8. The van der Waals surface area contributed by atoms with Gasteiger partial charge in [-0.05, 0) is 19.3 Å². The fourth-order valence-electron chi connectivity index (χ4n) is 1.51. The van der Waals surface area contributed by atoms with Gasteiger partial charge in [-0.1, -0.05) is 5.10 Å². The average Bonchev–Trinajstić information content (AvgIpc) is 2.67. The van der Waals surface area contributed by atoms with E-state index in [0.717, 1.165) is 13.1 Å². The highest BCUT2D eigenvalue weighted by atomic mass is 35.5. The number of nitrogens with zero attached hydrogens (tertiary/aromatic N) is 3. The maximum absolute atomic E-state index is 5.56. The van der Waals surface area contributed by atoms with Gasteiger partial charge in [-0.3, -0.25) is 0 Å². The van der Waals surface area contributed by atoms with Gasteiger partial charge in [0.15, 0.2) is 0 Å². The predicted octanol–water partition coefficient (Wildman–Crippen LogP) is 1.80. The highest BCUT2D eigenvalue weighted by Gasteiger charge is 2.16. The molecule has 13 heavy (non-hydrogen) atoms. The Balaban J connectivity index is 2.05. The number of alkyl halides is 1. The molecule has 0 aliphatic carbocycles. The second-order valence-corrected chi connectivity index (χ2v) is 3.43. The Morgan fingerprint density at radius 1 is 1.23 bits per heavy atom. The molecule has 0 unspecified atom stereocenters. The molecule has 1 aromatic rings. The summed E-state index contributed by atoms with van der Waals surface area (Å²) in [6, 6.07) is 0.621. The number of halogens is 1. The molecule has 1 fully saturated rings. The Labute approximate surface area is 81.9 Å². The Morgan fingerprint density at radius 2 is 2.00 bits per heavy atom. The molecule has 4 nitrogen and oxygen atoms in total. The van der Waals surface area contributed by atoms with E-state index in [9.17, 15) is 0 Å². The lowest BCUT2D eigenvalue weighted by molar-refractivity contribution is 0.472. The molecular formula is C8H12ClN3O. The smallest absolute Gasteiger partial charge is 0.318 e. The SMILES string of the molecule is ClCc1nnc(N2CCCCC2)o1. The van der Waals surface area contributed by atoms with Crippen molar-refractivity contribution < 1.29 is 4.42 Å². The summed E-state index contributed by atoms with van der Waals surface area (Å²) >= 11 is 5.56. The van der Waals surface area contributed by atoms with Crippen LogP contribution >= 0.6 is 11.6 Å². The standard InChI is InChI=1S/C8H12ClN3O/c9-6-7-10-11-8(13-7)12-4-2-1-3-5-12/h1-6H2. The van der Waals surface area contributed by atoms with Crippen LogP contribution < -0.4 is 4.90 Å². The van der Waals surface area contributed by atoms with E-state index in [1.807, 2.05) is 0 Å². The molecule has 1 aliphatic heterocycles. The van der Waals surface area contributed by atoms with Crippen molar-refractivity contribution in [1.82, 2.24) is 10.2 Å². The second kappa shape index (κ2) is 3.96. The number of hydrogen-bond acceptors (Lipinski definition) is 4. The molecule has 0 N–H and O–H groups in total. The zero-order valence-corrected chi connectivity index (χ0v) is 8.13. The quantitative estimate of drug-likeness (QED) is 0.685. The van der Waals surface area contributed by atoms with E-state index in [2.05, 4.69) is 15.1 Å². The van der Waals surface area contributed by atoms with Gasteiger partial charge >= 0.3 is 6.01 Å². The van der Waals surface area contributed by atoms with Gasteiger partial charge in [-0.15, -0.1) is 16.7 Å². The molecule has 0 radical (unpaired) electrons. The lowest BCUT2D eigenvalue weighted by atomic mass is 10.1. The minimum atomic E-state index is 0.292. The third-order valence-corrected chi connectivity index (χ3v) is 2.43. The third-order valence-electron chi connectivity index (χ3n) is 2.20. The monoisotopic (exact) mass is 201 g/mol. The summed E-state index contributed by atoms with van der Waals surface area (Å²) in [5.74, 6) is 0.795. The fourth-order valence-corrected chi connectivity index (χ4v) is 1.62. The molecule has 0 bridgehead atoms. The Morgan fingerprint density at radius 3 is 2.62 bits per heavy atom. The molecule has 1 aromatic heterocycles. The largest absolute Gasteiger partial charge is 0.407 e. The van der Waals surface area contributed by atoms with E-state index in [0.29, 0.717) is 17.8 Å². The van der Waals surface area contributed by atoms with Crippen molar-refractivity contribution >= 4 is 17.6 Å². The van der Waals surface area contributed by atoms with Crippen molar-refractivity contribution in [3.05, 3.63) is 5.89 Å². The van der Waals surface area contributed by atoms with Crippen molar-refractivity contribution in [1.29, 1.82) is 0 Å². The summed E-state index contributed by atoms with van der Waals surface area (Å²) in [4.78, 5) is 2.12. The molecular weight excluding hydrogens is 190 g/mol. The van der Waals surface area contributed by atoms with Crippen LogP contribution in [0.2, 0.25) is 0 Å². The zero-order chi connectivity index (χ0) is 9.10. The van der Waals surface area contributed by atoms with E-state index in [1.54, 1.807) is 0 Å². The predicted molar refractivity (Wildman–Crippen MR) is 49.9 cm³/mol. The van der Waals surface area contributed by atoms with E-state index in [4.69, 9.17) is 16.0 Å². The Kier molecular flexibility index (Phi) is 2.68. The third kappa shape index (κ3) is 1.94. The highest BCUT2D eigenvalue weighted by molar-refractivity contribution is 6.16. The van der Waals surface area contributed by atoms with Crippen LogP contribution in [0.4, 0.5) is 6.01 Å². The van der Waals surface area contributed by atoms with Gasteiger partial charge in [-0.2, -0.15) is 0 Å². The number of rotatable bonds is 2. The van der Waals surface area contributed by atoms with Crippen LogP contribution in [0.15, 0.2) is 4.42 Å². The van der Waals surface area contributed by atoms with Crippen molar-refractivity contribution in [3.8, 4) is 0 Å². The first kappa shape index (κ1) is 8.81. The summed E-state index contributed by atoms with van der Waals surface area (Å²) in [7, 11) is 0. The van der Waals surface area contributed by atoms with Crippen molar-refractivity contribution in [3.63, 3.8) is 0 Å². The van der Waals surface area contributed by atoms with Crippen LogP contribution in [0.5, 0.6) is 0 Å². The Bertz CT molecular complexity index is 270. The van der Waals surface area contributed by atoms with Gasteiger partial charge in [0.2, 0.25) is 5.89 Å². The van der Waals surface area contributed by atoms with Crippen molar-refractivity contribution in [2.75, 3.05) is 18.0 Å². The summed E-state index contributed by atoms with van der Waals surface area (Å²) in [5, 5.41) is 7.76. The summed E-state index contributed by atoms with van der Waals surface area (Å²) in [6.45, 7) is 2.04. The van der Waals surface area contributed by atoms with Gasteiger partial charge in [0, 0.05) is 13.1 Å². The van der Waals surface area contributed by atoms with Gasteiger partial charge in [0.05, 0.1) is 0 Å². The number of hydrogen-bond donors (Lipinski definition) is 0. The van der Waals surface area contributed by atoms with E-state index >= 15 is 0 Å². The molecule has 2 heterocycles. The first-order chi connectivity index (χ1) is 6.40. The van der Waals surface area contributed by atoms with Gasteiger partial charge in [-0.25, -0.2) is 0 Å². The molecule has 0 aromatic carbocycles. The second-order valence-electron chi connectivity index (χ2n) is 3.16. The number of aromatic nitrogens is 2. The molecule has 72 valence electrons. The maximum Gasteiger partial charge on any atom is 0.318 e. The molecule has 0 spiro atoms. The molecule has 5 heteroatoms. The molecule has 0 amide bonds. The Hall–Kier alpha value is -0.770. The average molecular weight is 202 g/mol. The summed E-state index contributed by atoms with van der Waals surface area (Å²) < 4.78 is 5.34. The zero-order valence-electron chi connectivity index (χ0n) is 7.37. The van der Waals surface area contributed by atoms with Crippen LogP contribution in [0.1, 0.15) is 25.2 Å². The first-order valence-corrected chi connectivity index (χ1v) is 5.07. The lowest BCUT2D eigenvalue weighted by Gasteiger charge is -2.23. The fraction of sp³-hybridized carbons (Fsp3) is 0.750. The minimum absolute atomic E-state index is 0.292. The minimum Gasteiger partial charge on any atom is -0.407 e. The number of anilines is 1. The molecule has 0 atom stereocenters. The van der Waals surface area contributed by atoms with Crippen LogP contribution in [0.3, 0.4) is 0 Å². The van der Waals surface area contributed by atoms with Crippen LogP contribution in [-0.4, -0.2) is 23.3 Å². The highest BCUT2D eigenvalue weighted by Crippen LogP contribution is 2.18. The first-order valence-electron chi connectivity index (χ1n) is 4.53. The van der Waals surface area contributed by atoms with Gasteiger partial charge in [0.1, 0.15) is 5.88 Å². The van der Waals surface area contributed by atoms with Crippen LogP contribution in [0, 0.1) is 0 Å². The van der Waals surface area contributed by atoms with Crippen molar-refractivity contribution in [2.45, 2.75) is 25.1 Å². The summed E-state index contributed by atoms with van der Waals surface area (Å²) in [5.41, 5.74) is 0. The number of piperidine rings is 1. The lowest BCUT2D eigenvalue weighted by Crippen LogP contribution is -2.29. The van der Waals surface area contributed by atoms with Gasteiger partial charge in [0.25, 0.3) is 0 Å². The van der Waals surface area contributed by atoms with E-state index in [-0.39, 0.29) is 0 Å². The van der Waals surface area contributed by atoms with E-state index < -0.39 is 0 Å². The maximum atomic E-state index is 5.56. The summed E-state index contributed by atoms with van der Waals surface area (Å²) in [6.07, 6.45) is 3.71.